The first-order valence-corrected chi connectivity index (χ1v) is 10.9. The second kappa shape index (κ2) is 9.92. The number of nitrogens with zero attached hydrogens (tertiary/aromatic N) is 2. The van der Waals surface area contributed by atoms with Crippen molar-refractivity contribution in [1.82, 2.24) is 9.97 Å². The van der Waals surface area contributed by atoms with Gasteiger partial charge >= 0.3 is 12.1 Å². The van der Waals surface area contributed by atoms with Gasteiger partial charge in [0, 0.05) is 23.9 Å². The molecule has 3 N–H and O–H groups in total. The van der Waals surface area contributed by atoms with Crippen molar-refractivity contribution in [3.63, 3.8) is 0 Å². The fourth-order valence-electron chi connectivity index (χ4n) is 2.76. The molecule has 2 aromatic heterocycles. The number of pyridine rings is 1. The predicted octanol–water partition coefficient (Wildman–Crippen LogP) is 1.02. The number of imidazole rings is 1. The van der Waals surface area contributed by atoms with Gasteiger partial charge in [-0.05, 0) is 25.1 Å². The minimum Gasteiger partial charge on any atom is -1.00 e. The number of H-pyrrole nitrogens is 1. The zero-order valence-corrected chi connectivity index (χ0v) is 18.1. The SMILES string of the molecule is COc1cc[n+](-c2nc3cc(C(F)(F)F)ccc3[nH]2)c(CSSCCN)c1C.[Cl-]. The van der Waals surface area contributed by atoms with Crippen LogP contribution in [0.5, 0.6) is 5.75 Å². The van der Waals surface area contributed by atoms with Crippen LogP contribution in [0, 0.1) is 6.92 Å². The van der Waals surface area contributed by atoms with E-state index in [0.29, 0.717) is 23.8 Å². The average Bonchev–Trinajstić information content (AvgIpc) is 3.08. The number of methoxy groups -OCH3 is 1. The molecule has 0 saturated heterocycles. The van der Waals surface area contributed by atoms with Gasteiger partial charge in [0.2, 0.25) is 0 Å². The minimum atomic E-state index is -4.40. The lowest BCUT2D eigenvalue weighted by atomic mass is 10.2. The van der Waals surface area contributed by atoms with Gasteiger partial charge in [0.05, 0.1) is 24.6 Å². The predicted molar refractivity (Wildman–Crippen MR) is 107 cm³/mol. The summed E-state index contributed by atoms with van der Waals surface area (Å²) in [5.41, 5.74) is 7.52. The van der Waals surface area contributed by atoms with Crippen LogP contribution in [-0.2, 0) is 11.9 Å². The number of fused-ring (bicyclic) bond motifs is 1. The number of nitrogens with one attached hydrogen (secondary N) is 1. The summed E-state index contributed by atoms with van der Waals surface area (Å²) in [6, 6.07) is 5.31. The summed E-state index contributed by atoms with van der Waals surface area (Å²) < 4.78 is 46.2. The molecule has 0 amide bonds. The molecule has 158 valence electrons. The van der Waals surface area contributed by atoms with Gasteiger partial charge in [-0.25, -0.2) is 9.55 Å². The van der Waals surface area contributed by atoms with Crippen molar-refractivity contribution in [2.75, 3.05) is 19.4 Å². The Morgan fingerprint density at radius 2 is 2.00 bits per heavy atom. The number of nitrogens with two attached hydrogens (primary N) is 1. The Labute approximate surface area is 180 Å². The Balaban J connectivity index is 0.00000300. The van der Waals surface area contributed by atoms with Crippen molar-refractivity contribution >= 4 is 32.6 Å². The number of rotatable bonds is 7. The molecule has 0 spiro atoms. The molecule has 0 fully saturated rings. The fraction of sp³-hybridized carbons (Fsp3) is 0.333. The zero-order valence-electron chi connectivity index (χ0n) is 15.7. The number of hydrogen-bond donors (Lipinski definition) is 2. The summed E-state index contributed by atoms with van der Waals surface area (Å²) in [5.74, 6) is 2.70. The van der Waals surface area contributed by atoms with Gasteiger partial charge in [-0.3, -0.25) is 0 Å². The van der Waals surface area contributed by atoms with Crippen molar-refractivity contribution < 1.29 is 34.9 Å². The van der Waals surface area contributed by atoms with Crippen LogP contribution in [-0.4, -0.2) is 29.4 Å². The maximum atomic E-state index is 13.0. The lowest BCUT2D eigenvalue weighted by Gasteiger charge is -2.12. The van der Waals surface area contributed by atoms with Gasteiger partial charge in [0.25, 0.3) is 0 Å². The molecule has 3 rings (SSSR count). The second-order valence-electron chi connectivity index (χ2n) is 5.99. The second-order valence-corrected chi connectivity index (χ2v) is 8.57. The highest BCUT2D eigenvalue weighted by atomic mass is 35.5. The van der Waals surface area contributed by atoms with Crippen LogP contribution < -0.4 is 27.4 Å². The first-order chi connectivity index (χ1) is 13.3. The lowest BCUT2D eigenvalue weighted by Crippen LogP contribution is -3.00. The Bertz CT molecular complexity index is 982. The quantitative estimate of drug-likeness (QED) is 0.310. The molecule has 0 atom stereocenters. The van der Waals surface area contributed by atoms with Crippen molar-refractivity contribution in [3.05, 3.63) is 47.3 Å². The van der Waals surface area contributed by atoms with Gasteiger partial charge in [-0.1, -0.05) is 26.6 Å². The smallest absolute Gasteiger partial charge is 0.416 e. The van der Waals surface area contributed by atoms with Gasteiger partial charge in [0.15, 0.2) is 5.52 Å². The third-order valence-corrected chi connectivity index (χ3v) is 6.51. The summed E-state index contributed by atoms with van der Waals surface area (Å²) in [5, 5.41) is 0. The standard InChI is InChI=1S/C18H20F3N4OS2.ClH/c1-11-15(10-28-27-8-6-22)25(7-5-16(11)26-2)17-23-13-4-3-12(18(19,20)21)9-14(13)24-17;/h3-5,7,9H,6,8,10,22H2,1-2H3,(H,23,24);1H/q+1;/p-1. The largest absolute Gasteiger partial charge is 1.00 e. The number of aromatic amines is 1. The number of hydrogen-bond acceptors (Lipinski definition) is 5. The van der Waals surface area contributed by atoms with E-state index in [1.54, 1.807) is 34.9 Å². The molecular formula is C18H20ClF3N4OS2. The maximum absolute atomic E-state index is 13.0. The van der Waals surface area contributed by atoms with Gasteiger partial charge in [-0.15, -0.1) is 0 Å². The number of ether oxygens (including phenoxy) is 1. The van der Waals surface area contributed by atoms with E-state index in [1.807, 2.05) is 17.6 Å². The van der Waals surface area contributed by atoms with Crippen molar-refractivity contribution in [1.29, 1.82) is 0 Å². The van der Waals surface area contributed by atoms with E-state index in [-0.39, 0.29) is 17.9 Å². The molecule has 3 aromatic rings. The Morgan fingerprint density at radius 3 is 2.66 bits per heavy atom. The normalized spacial score (nSPS) is 11.5. The van der Waals surface area contributed by atoms with Crippen LogP contribution in [0.4, 0.5) is 13.2 Å². The van der Waals surface area contributed by atoms with Crippen LogP contribution in [0.25, 0.3) is 17.0 Å². The molecule has 11 heteroatoms. The summed E-state index contributed by atoms with van der Waals surface area (Å²) in [6.07, 6.45) is -2.60. The summed E-state index contributed by atoms with van der Waals surface area (Å²) in [6.45, 7) is 2.54. The first-order valence-electron chi connectivity index (χ1n) is 8.45. The summed E-state index contributed by atoms with van der Waals surface area (Å²) in [7, 11) is 4.93. The topological polar surface area (TPSA) is 67.8 Å². The number of halogens is 4. The van der Waals surface area contributed by atoms with Crippen LogP contribution in [0.15, 0.2) is 30.5 Å². The van der Waals surface area contributed by atoms with E-state index in [4.69, 9.17) is 10.5 Å². The van der Waals surface area contributed by atoms with E-state index in [9.17, 15) is 13.2 Å². The fourth-order valence-corrected chi connectivity index (χ4v) is 4.76. The molecule has 0 radical (unpaired) electrons. The van der Waals surface area contributed by atoms with Crippen molar-refractivity contribution in [2.45, 2.75) is 18.9 Å². The monoisotopic (exact) mass is 464 g/mol. The molecule has 0 aliphatic rings. The Morgan fingerprint density at radius 1 is 1.24 bits per heavy atom. The molecule has 0 aliphatic heterocycles. The van der Waals surface area contributed by atoms with Crippen LogP contribution >= 0.6 is 21.6 Å². The molecular weight excluding hydrogens is 445 g/mol. The average molecular weight is 465 g/mol. The first kappa shape index (κ1) is 23.7. The number of aromatic nitrogens is 3. The molecule has 0 saturated carbocycles. The minimum absolute atomic E-state index is 0. The highest BCUT2D eigenvalue weighted by Crippen LogP contribution is 2.31. The molecule has 1 aromatic carbocycles. The Kier molecular flexibility index (Phi) is 8.10. The van der Waals surface area contributed by atoms with Gasteiger partial charge in [-0.2, -0.15) is 13.2 Å². The van der Waals surface area contributed by atoms with E-state index in [0.717, 1.165) is 34.9 Å². The molecule has 0 bridgehead atoms. The van der Waals surface area contributed by atoms with Crippen molar-refractivity contribution in [2.24, 2.45) is 5.73 Å². The van der Waals surface area contributed by atoms with Crippen LogP contribution in [0.2, 0.25) is 0 Å². The van der Waals surface area contributed by atoms with Crippen LogP contribution in [0.3, 0.4) is 0 Å². The molecule has 0 aliphatic carbocycles. The molecule has 0 unspecified atom stereocenters. The van der Waals surface area contributed by atoms with E-state index in [1.165, 1.54) is 6.07 Å². The zero-order chi connectivity index (χ0) is 20.3. The van der Waals surface area contributed by atoms with Crippen molar-refractivity contribution in [3.8, 4) is 11.7 Å². The van der Waals surface area contributed by atoms with E-state index >= 15 is 0 Å². The highest BCUT2D eigenvalue weighted by Gasteiger charge is 2.32. The lowest BCUT2D eigenvalue weighted by molar-refractivity contribution is -0.610. The number of benzene rings is 1. The van der Waals surface area contributed by atoms with E-state index < -0.39 is 11.7 Å². The number of alkyl halides is 3. The third-order valence-electron chi connectivity index (χ3n) is 4.19. The van der Waals surface area contributed by atoms with Gasteiger partial charge in [0.1, 0.15) is 17.0 Å². The Hall–Kier alpha value is -1.62. The third kappa shape index (κ3) is 5.30. The van der Waals surface area contributed by atoms with Gasteiger partial charge < -0.3 is 22.9 Å². The van der Waals surface area contributed by atoms with E-state index in [2.05, 4.69) is 9.97 Å². The highest BCUT2D eigenvalue weighted by molar-refractivity contribution is 8.76. The van der Waals surface area contributed by atoms with Crippen LogP contribution in [0.1, 0.15) is 16.8 Å². The maximum Gasteiger partial charge on any atom is 0.416 e. The molecule has 29 heavy (non-hydrogen) atoms. The summed E-state index contributed by atoms with van der Waals surface area (Å²) in [4.78, 5) is 7.49. The summed E-state index contributed by atoms with van der Waals surface area (Å²) >= 11 is 0. The molecule has 2 heterocycles. The molecule has 5 nitrogen and oxygen atoms in total.